The van der Waals surface area contributed by atoms with Crippen molar-refractivity contribution in [2.24, 2.45) is 5.84 Å². The first-order chi connectivity index (χ1) is 9.45. The molecule has 6 heteroatoms. The van der Waals surface area contributed by atoms with E-state index in [1.165, 1.54) is 25.1 Å². The van der Waals surface area contributed by atoms with Crippen molar-refractivity contribution in [3.63, 3.8) is 0 Å². The van der Waals surface area contributed by atoms with Crippen molar-refractivity contribution < 1.29 is 13.2 Å². The average Bonchev–Trinajstić information content (AvgIpc) is 2.40. The minimum absolute atomic E-state index is 0.0142. The summed E-state index contributed by atoms with van der Waals surface area (Å²) in [6, 6.07) is 5.10. The summed E-state index contributed by atoms with van der Waals surface area (Å²) in [5, 5.41) is 0.187. The van der Waals surface area contributed by atoms with E-state index in [4.69, 9.17) is 17.4 Å². The largest absolute Gasteiger partial charge is 0.271 e. The number of hydrazine groups is 1. The first-order valence-corrected chi connectivity index (χ1v) is 6.19. The second kappa shape index (κ2) is 5.83. The van der Waals surface area contributed by atoms with Crippen molar-refractivity contribution in [3.8, 4) is 0 Å². The summed E-state index contributed by atoms with van der Waals surface area (Å²) in [6.07, 6.45) is 0. The van der Waals surface area contributed by atoms with Crippen LogP contribution in [0.5, 0.6) is 0 Å². The molecule has 106 valence electrons. The molecule has 0 amide bonds. The molecule has 0 radical (unpaired) electrons. The van der Waals surface area contributed by atoms with Crippen LogP contribution >= 0.6 is 11.6 Å². The third-order valence-corrected chi connectivity index (χ3v) is 3.28. The lowest BCUT2D eigenvalue weighted by molar-refractivity contribution is 0.492. The van der Waals surface area contributed by atoms with Gasteiger partial charge in [-0.2, -0.15) is 0 Å². The Labute approximate surface area is 119 Å². The second-order valence-corrected chi connectivity index (χ2v) is 4.79. The van der Waals surface area contributed by atoms with Gasteiger partial charge in [0.25, 0.3) is 0 Å². The number of hydrogen-bond donors (Lipinski definition) is 2. The molecule has 2 aromatic rings. The Morgan fingerprint density at radius 2 is 1.80 bits per heavy atom. The molecule has 2 aromatic carbocycles. The molecular formula is C14H12ClF3N2. The molecule has 0 saturated heterocycles. The fourth-order valence-electron chi connectivity index (χ4n) is 2.01. The van der Waals surface area contributed by atoms with Crippen LogP contribution in [0.15, 0.2) is 30.3 Å². The van der Waals surface area contributed by atoms with E-state index in [0.717, 1.165) is 12.1 Å². The van der Waals surface area contributed by atoms with Crippen molar-refractivity contribution >= 4 is 11.6 Å². The molecule has 2 nitrogen and oxygen atoms in total. The molecule has 0 heterocycles. The van der Waals surface area contributed by atoms with Gasteiger partial charge in [0.1, 0.15) is 17.5 Å². The van der Waals surface area contributed by atoms with Crippen molar-refractivity contribution in [2.45, 2.75) is 13.0 Å². The summed E-state index contributed by atoms with van der Waals surface area (Å²) in [4.78, 5) is 0. The molecule has 0 aromatic heterocycles. The lowest BCUT2D eigenvalue weighted by Crippen LogP contribution is -2.31. The van der Waals surface area contributed by atoms with E-state index in [2.05, 4.69) is 5.43 Å². The van der Waals surface area contributed by atoms with Crippen molar-refractivity contribution in [1.29, 1.82) is 0 Å². The van der Waals surface area contributed by atoms with Gasteiger partial charge >= 0.3 is 0 Å². The third kappa shape index (κ3) is 2.65. The minimum atomic E-state index is -1.15. The zero-order chi connectivity index (χ0) is 14.9. The van der Waals surface area contributed by atoms with Crippen molar-refractivity contribution in [1.82, 2.24) is 5.43 Å². The molecule has 1 atom stereocenters. The molecule has 0 fully saturated rings. The minimum Gasteiger partial charge on any atom is -0.271 e. The number of hydrogen-bond acceptors (Lipinski definition) is 2. The average molecular weight is 301 g/mol. The van der Waals surface area contributed by atoms with Crippen LogP contribution in [0.1, 0.15) is 22.7 Å². The molecule has 2 rings (SSSR count). The Morgan fingerprint density at radius 3 is 2.40 bits per heavy atom. The van der Waals surface area contributed by atoms with Crippen LogP contribution in [0.2, 0.25) is 5.02 Å². The van der Waals surface area contributed by atoms with Gasteiger partial charge < -0.3 is 0 Å². The van der Waals surface area contributed by atoms with Crippen LogP contribution in [0.25, 0.3) is 0 Å². The van der Waals surface area contributed by atoms with Crippen molar-refractivity contribution in [3.05, 3.63) is 69.5 Å². The van der Waals surface area contributed by atoms with E-state index in [0.29, 0.717) is 0 Å². The number of nitrogens with two attached hydrogens (primary N) is 1. The Kier molecular flexibility index (Phi) is 4.32. The van der Waals surface area contributed by atoms with Crippen LogP contribution < -0.4 is 11.3 Å². The maximum atomic E-state index is 14.1. The van der Waals surface area contributed by atoms with E-state index in [-0.39, 0.29) is 21.7 Å². The summed E-state index contributed by atoms with van der Waals surface area (Å²) in [7, 11) is 0. The molecule has 0 spiro atoms. The van der Waals surface area contributed by atoms with E-state index in [1.54, 1.807) is 0 Å². The molecule has 0 aliphatic carbocycles. The number of nitrogens with one attached hydrogen (secondary N) is 1. The van der Waals surface area contributed by atoms with Crippen LogP contribution in [0, 0.1) is 24.4 Å². The highest BCUT2D eigenvalue weighted by molar-refractivity contribution is 6.30. The molecule has 0 aliphatic heterocycles. The standard InChI is InChI=1S/C14H12ClF3N2/c1-7-2-5-10(16)12(13(7)18)14(20-19)9-4-3-8(15)6-11(9)17/h2-6,14,20H,19H2,1H3. The highest BCUT2D eigenvalue weighted by Gasteiger charge is 2.24. The van der Waals surface area contributed by atoms with E-state index >= 15 is 0 Å². The lowest BCUT2D eigenvalue weighted by Gasteiger charge is -2.19. The van der Waals surface area contributed by atoms with Gasteiger partial charge in [-0.3, -0.25) is 5.84 Å². The molecule has 0 aliphatic rings. The summed E-state index contributed by atoms with van der Waals surface area (Å²) >= 11 is 5.66. The van der Waals surface area contributed by atoms with Gasteiger partial charge in [0, 0.05) is 16.1 Å². The van der Waals surface area contributed by atoms with Crippen LogP contribution in [0.4, 0.5) is 13.2 Å². The van der Waals surface area contributed by atoms with Crippen molar-refractivity contribution in [2.75, 3.05) is 0 Å². The highest BCUT2D eigenvalue weighted by atomic mass is 35.5. The van der Waals surface area contributed by atoms with E-state index < -0.39 is 23.5 Å². The molecule has 0 saturated carbocycles. The Bertz CT molecular complexity index is 647. The molecule has 0 bridgehead atoms. The van der Waals surface area contributed by atoms with Gasteiger partial charge in [-0.15, -0.1) is 0 Å². The van der Waals surface area contributed by atoms with Crippen LogP contribution in [-0.2, 0) is 0 Å². The normalized spacial score (nSPS) is 12.5. The summed E-state index contributed by atoms with van der Waals surface area (Å²) in [5.74, 6) is 3.09. The zero-order valence-electron chi connectivity index (χ0n) is 10.6. The molecule has 20 heavy (non-hydrogen) atoms. The van der Waals surface area contributed by atoms with Gasteiger partial charge in [-0.05, 0) is 30.7 Å². The third-order valence-electron chi connectivity index (χ3n) is 3.05. The molecule has 1 unspecified atom stereocenters. The van der Waals surface area contributed by atoms with Gasteiger partial charge in [-0.25, -0.2) is 18.6 Å². The second-order valence-electron chi connectivity index (χ2n) is 4.36. The summed E-state index contributed by atoms with van der Waals surface area (Å²) in [5.41, 5.74) is 2.18. The van der Waals surface area contributed by atoms with Crippen LogP contribution in [0.3, 0.4) is 0 Å². The maximum absolute atomic E-state index is 14.1. The van der Waals surface area contributed by atoms with Gasteiger partial charge in [0.05, 0.1) is 6.04 Å². The topological polar surface area (TPSA) is 38.0 Å². The number of halogens is 4. The fourth-order valence-corrected chi connectivity index (χ4v) is 2.17. The number of aryl methyl sites for hydroxylation is 1. The number of benzene rings is 2. The SMILES string of the molecule is Cc1ccc(F)c(C(NN)c2ccc(Cl)cc2F)c1F. The quantitative estimate of drug-likeness (QED) is 0.671. The Hall–Kier alpha value is -1.56. The molecular weight excluding hydrogens is 289 g/mol. The van der Waals surface area contributed by atoms with E-state index in [1.807, 2.05) is 0 Å². The van der Waals surface area contributed by atoms with E-state index in [9.17, 15) is 13.2 Å². The fraction of sp³-hybridized carbons (Fsp3) is 0.143. The predicted octanol–water partition coefficient (Wildman–Crippen LogP) is 3.62. The highest BCUT2D eigenvalue weighted by Crippen LogP contribution is 2.30. The van der Waals surface area contributed by atoms with Gasteiger partial charge in [-0.1, -0.05) is 23.7 Å². The first-order valence-electron chi connectivity index (χ1n) is 5.81. The summed E-state index contributed by atoms with van der Waals surface area (Å²) < 4.78 is 41.9. The maximum Gasteiger partial charge on any atom is 0.134 e. The lowest BCUT2D eigenvalue weighted by atomic mass is 9.96. The smallest absolute Gasteiger partial charge is 0.134 e. The zero-order valence-corrected chi connectivity index (χ0v) is 11.3. The van der Waals surface area contributed by atoms with Crippen LogP contribution in [-0.4, -0.2) is 0 Å². The summed E-state index contributed by atoms with van der Waals surface area (Å²) in [6.45, 7) is 1.49. The first kappa shape index (κ1) is 14.8. The monoisotopic (exact) mass is 300 g/mol. The Morgan fingerprint density at radius 1 is 1.10 bits per heavy atom. The number of rotatable bonds is 3. The van der Waals surface area contributed by atoms with Gasteiger partial charge in [0.15, 0.2) is 0 Å². The van der Waals surface area contributed by atoms with Gasteiger partial charge in [0.2, 0.25) is 0 Å². The Balaban J connectivity index is 2.61. The molecule has 3 N–H and O–H groups in total. The predicted molar refractivity (Wildman–Crippen MR) is 71.7 cm³/mol.